The zero-order valence-electron chi connectivity index (χ0n) is 11.2. The van der Waals surface area contributed by atoms with E-state index in [1.807, 2.05) is 32.2 Å². The molecule has 3 N–H and O–H groups in total. The van der Waals surface area contributed by atoms with Crippen LogP contribution in [0.3, 0.4) is 0 Å². The molecule has 100 valence electrons. The predicted octanol–water partition coefficient (Wildman–Crippen LogP) is 2.61. The van der Waals surface area contributed by atoms with Crippen molar-refractivity contribution in [2.45, 2.75) is 19.4 Å². The first-order valence-corrected chi connectivity index (χ1v) is 6.24. The SMILES string of the molecule is CNC(Cc1ccnc(N)c1)c1ccc(F)cc1C. The highest BCUT2D eigenvalue weighted by molar-refractivity contribution is 5.35. The summed E-state index contributed by atoms with van der Waals surface area (Å²) in [6.45, 7) is 1.92. The second-order valence-electron chi connectivity index (χ2n) is 4.64. The number of aromatic nitrogens is 1. The van der Waals surface area contributed by atoms with Crippen molar-refractivity contribution in [2.24, 2.45) is 0 Å². The number of nitrogens with two attached hydrogens (primary N) is 1. The summed E-state index contributed by atoms with van der Waals surface area (Å²) in [5.74, 6) is 0.312. The number of hydrogen-bond acceptors (Lipinski definition) is 3. The molecule has 1 unspecified atom stereocenters. The lowest BCUT2D eigenvalue weighted by Gasteiger charge is -2.19. The molecule has 0 spiro atoms. The Hall–Kier alpha value is -1.94. The minimum absolute atomic E-state index is 0.127. The molecule has 3 nitrogen and oxygen atoms in total. The lowest BCUT2D eigenvalue weighted by molar-refractivity contribution is 0.582. The summed E-state index contributed by atoms with van der Waals surface area (Å²) in [6, 6.07) is 8.82. The third-order valence-corrected chi connectivity index (χ3v) is 3.24. The minimum Gasteiger partial charge on any atom is -0.384 e. The highest BCUT2D eigenvalue weighted by Gasteiger charge is 2.13. The summed E-state index contributed by atoms with van der Waals surface area (Å²) < 4.78 is 13.1. The van der Waals surface area contributed by atoms with E-state index in [-0.39, 0.29) is 11.9 Å². The molecule has 0 saturated carbocycles. The van der Waals surface area contributed by atoms with E-state index in [1.165, 1.54) is 6.07 Å². The number of halogens is 1. The molecule has 0 bridgehead atoms. The standard InChI is InChI=1S/C15H18FN3/c1-10-7-12(16)3-4-13(10)14(18-2)8-11-5-6-19-15(17)9-11/h3-7,9,14,18H,8H2,1-2H3,(H2,17,19). The number of nitrogen functional groups attached to an aromatic ring is 1. The molecule has 0 aliphatic carbocycles. The van der Waals surface area contributed by atoms with E-state index >= 15 is 0 Å². The van der Waals surface area contributed by atoms with E-state index in [1.54, 1.807) is 12.3 Å². The second-order valence-corrected chi connectivity index (χ2v) is 4.64. The summed E-state index contributed by atoms with van der Waals surface area (Å²) in [7, 11) is 1.90. The molecule has 0 aliphatic heterocycles. The number of anilines is 1. The van der Waals surface area contributed by atoms with Crippen LogP contribution in [0, 0.1) is 12.7 Å². The van der Waals surface area contributed by atoms with Crippen molar-refractivity contribution in [1.29, 1.82) is 0 Å². The van der Waals surface area contributed by atoms with Crippen LogP contribution in [0.1, 0.15) is 22.7 Å². The average molecular weight is 259 g/mol. The van der Waals surface area contributed by atoms with Gasteiger partial charge in [-0.1, -0.05) is 6.07 Å². The topological polar surface area (TPSA) is 50.9 Å². The minimum atomic E-state index is -0.204. The largest absolute Gasteiger partial charge is 0.384 e. The van der Waals surface area contributed by atoms with E-state index < -0.39 is 0 Å². The summed E-state index contributed by atoms with van der Waals surface area (Å²) in [4.78, 5) is 3.98. The molecular formula is C15H18FN3. The summed E-state index contributed by atoms with van der Waals surface area (Å²) in [5, 5.41) is 3.26. The lowest BCUT2D eigenvalue weighted by atomic mass is 9.96. The molecule has 2 rings (SSSR count). The van der Waals surface area contributed by atoms with E-state index in [0.717, 1.165) is 23.1 Å². The Morgan fingerprint density at radius 1 is 1.32 bits per heavy atom. The highest BCUT2D eigenvalue weighted by Crippen LogP contribution is 2.22. The summed E-state index contributed by atoms with van der Waals surface area (Å²) in [6.07, 6.45) is 2.49. The van der Waals surface area contributed by atoms with E-state index in [9.17, 15) is 4.39 Å². The number of likely N-dealkylation sites (N-methyl/N-ethyl adjacent to an activating group) is 1. The number of pyridine rings is 1. The predicted molar refractivity (Wildman–Crippen MR) is 75.3 cm³/mol. The van der Waals surface area contributed by atoms with Crippen LogP contribution in [-0.4, -0.2) is 12.0 Å². The van der Waals surface area contributed by atoms with Gasteiger partial charge in [-0.2, -0.15) is 0 Å². The van der Waals surface area contributed by atoms with Crippen molar-refractivity contribution < 1.29 is 4.39 Å². The van der Waals surface area contributed by atoms with Crippen LogP contribution in [-0.2, 0) is 6.42 Å². The fraction of sp³-hybridized carbons (Fsp3) is 0.267. The van der Waals surface area contributed by atoms with Gasteiger partial charge in [-0.15, -0.1) is 0 Å². The van der Waals surface area contributed by atoms with Crippen molar-refractivity contribution in [3.63, 3.8) is 0 Å². The fourth-order valence-electron chi connectivity index (χ4n) is 2.25. The Balaban J connectivity index is 2.25. The Morgan fingerprint density at radius 2 is 2.11 bits per heavy atom. The van der Waals surface area contributed by atoms with E-state index in [4.69, 9.17) is 5.73 Å². The van der Waals surface area contributed by atoms with Crippen molar-refractivity contribution in [1.82, 2.24) is 10.3 Å². The van der Waals surface area contributed by atoms with Gasteiger partial charge in [-0.25, -0.2) is 9.37 Å². The Kier molecular flexibility index (Phi) is 4.12. The molecule has 0 radical (unpaired) electrons. The molecule has 1 aromatic carbocycles. The van der Waals surface area contributed by atoms with Crippen LogP contribution in [0.25, 0.3) is 0 Å². The molecule has 1 aromatic heterocycles. The second kappa shape index (κ2) is 5.80. The number of nitrogens with one attached hydrogen (secondary N) is 1. The molecule has 1 atom stereocenters. The van der Waals surface area contributed by atoms with Gasteiger partial charge in [0.2, 0.25) is 0 Å². The normalized spacial score (nSPS) is 12.4. The van der Waals surface area contributed by atoms with Gasteiger partial charge in [-0.05, 0) is 61.3 Å². The number of nitrogens with zero attached hydrogens (tertiary/aromatic N) is 1. The van der Waals surface area contributed by atoms with Crippen LogP contribution in [0.15, 0.2) is 36.5 Å². The number of aryl methyl sites for hydroxylation is 1. The average Bonchev–Trinajstić information content (AvgIpc) is 2.37. The number of rotatable bonds is 4. The maximum Gasteiger partial charge on any atom is 0.123 e. The first kappa shape index (κ1) is 13.5. The van der Waals surface area contributed by atoms with Gasteiger partial charge in [-0.3, -0.25) is 0 Å². The molecular weight excluding hydrogens is 241 g/mol. The maximum atomic E-state index is 13.1. The lowest BCUT2D eigenvalue weighted by Crippen LogP contribution is -2.20. The van der Waals surface area contributed by atoms with Crippen LogP contribution < -0.4 is 11.1 Å². The first-order chi connectivity index (χ1) is 9.10. The molecule has 0 amide bonds. The Labute approximate surface area is 112 Å². The van der Waals surface area contributed by atoms with Gasteiger partial charge in [0.25, 0.3) is 0 Å². The molecule has 4 heteroatoms. The van der Waals surface area contributed by atoms with Crippen LogP contribution in [0.4, 0.5) is 10.2 Å². The van der Waals surface area contributed by atoms with Crippen LogP contribution >= 0.6 is 0 Å². The monoisotopic (exact) mass is 259 g/mol. The van der Waals surface area contributed by atoms with Crippen molar-refractivity contribution in [2.75, 3.05) is 12.8 Å². The third kappa shape index (κ3) is 3.29. The van der Waals surface area contributed by atoms with Gasteiger partial charge in [0.15, 0.2) is 0 Å². The molecule has 0 fully saturated rings. The molecule has 1 heterocycles. The zero-order valence-corrected chi connectivity index (χ0v) is 11.2. The summed E-state index contributed by atoms with van der Waals surface area (Å²) >= 11 is 0. The number of hydrogen-bond donors (Lipinski definition) is 2. The summed E-state index contributed by atoms with van der Waals surface area (Å²) in [5.41, 5.74) is 8.83. The highest BCUT2D eigenvalue weighted by atomic mass is 19.1. The van der Waals surface area contributed by atoms with Crippen LogP contribution in [0.2, 0.25) is 0 Å². The van der Waals surface area contributed by atoms with Gasteiger partial charge >= 0.3 is 0 Å². The van der Waals surface area contributed by atoms with Gasteiger partial charge < -0.3 is 11.1 Å². The van der Waals surface area contributed by atoms with Crippen LogP contribution in [0.5, 0.6) is 0 Å². The smallest absolute Gasteiger partial charge is 0.123 e. The zero-order chi connectivity index (χ0) is 13.8. The van der Waals surface area contributed by atoms with Gasteiger partial charge in [0, 0.05) is 12.2 Å². The number of benzene rings is 1. The van der Waals surface area contributed by atoms with E-state index in [0.29, 0.717) is 5.82 Å². The molecule has 19 heavy (non-hydrogen) atoms. The van der Waals surface area contributed by atoms with Crippen molar-refractivity contribution >= 4 is 5.82 Å². The Morgan fingerprint density at radius 3 is 2.74 bits per heavy atom. The fourth-order valence-corrected chi connectivity index (χ4v) is 2.25. The van der Waals surface area contributed by atoms with Crippen molar-refractivity contribution in [3.05, 3.63) is 59.0 Å². The maximum absolute atomic E-state index is 13.1. The first-order valence-electron chi connectivity index (χ1n) is 6.24. The van der Waals surface area contributed by atoms with E-state index in [2.05, 4.69) is 10.3 Å². The Bertz CT molecular complexity index is 569. The molecule has 0 aliphatic rings. The third-order valence-electron chi connectivity index (χ3n) is 3.24. The molecule has 2 aromatic rings. The van der Waals surface area contributed by atoms with Gasteiger partial charge in [0.05, 0.1) is 0 Å². The molecule has 0 saturated heterocycles. The quantitative estimate of drug-likeness (QED) is 0.887. The van der Waals surface area contributed by atoms with Crippen molar-refractivity contribution in [3.8, 4) is 0 Å². The van der Waals surface area contributed by atoms with Gasteiger partial charge in [0.1, 0.15) is 11.6 Å².